The minimum atomic E-state index is -4.82. The predicted octanol–water partition coefficient (Wildman–Crippen LogP) is 4.99. The van der Waals surface area contributed by atoms with Gasteiger partial charge in [0.2, 0.25) is 0 Å². The molecule has 0 bridgehead atoms. The highest BCUT2D eigenvalue weighted by Crippen LogP contribution is 2.39. The van der Waals surface area contributed by atoms with Gasteiger partial charge in [-0.05, 0) is 51.1 Å². The van der Waals surface area contributed by atoms with E-state index in [1.807, 2.05) is 0 Å². The van der Waals surface area contributed by atoms with Gasteiger partial charge in [-0.2, -0.15) is 13.2 Å². The number of anilines is 1. The molecule has 0 amide bonds. The number of halogens is 3. The van der Waals surface area contributed by atoms with Crippen LogP contribution in [0.3, 0.4) is 0 Å². The Kier molecular flexibility index (Phi) is 6.11. The number of phenolic OH excluding ortho intramolecular Hbond substituents is 1. The van der Waals surface area contributed by atoms with Crippen molar-refractivity contribution in [2.45, 2.75) is 39.2 Å². The maximum absolute atomic E-state index is 13.1. The largest absolute Gasteiger partial charge is 0.506 e. The Hall–Kier alpha value is -2.90. The molecule has 0 aliphatic carbocycles. The summed E-state index contributed by atoms with van der Waals surface area (Å²) in [7, 11) is 1.76. The van der Waals surface area contributed by atoms with E-state index in [4.69, 9.17) is 9.47 Å². The zero-order valence-corrected chi connectivity index (χ0v) is 16.0. The van der Waals surface area contributed by atoms with Crippen LogP contribution in [-0.2, 0) is 17.5 Å². The van der Waals surface area contributed by atoms with Crippen molar-refractivity contribution in [1.29, 1.82) is 0 Å². The van der Waals surface area contributed by atoms with Gasteiger partial charge in [-0.25, -0.2) is 4.79 Å². The Labute approximate surface area is 161 Å². The topological polar surface area (TPSA) is 67.8 Å². The van der Waals surface area contributed by atoms with Gasteiger partial charge < -0.3 is 19.9 Å². The lowest BCUT2D eigenvalue weighted by atomic mass is 10.0. The normalized spacial score (nSPS) is 11.8. The van der Waals surface area contributed by atoms with Gasteiger partial charge in [-0.1, -0.05) is 6.07 Å². The number of hydrogen-bond donors (Lipinski definition) is 2. The van der Waals surface area contributed by atoms with Crippen molar-refractivity contribution < 1.29 is 32.5 Å². The zero-order valence-electron chi connectivity index (χ0n) is 16.0. The van der Waals surface area contributed by atoms with E-state index in [-0.39, 0.29) is 12.2 Å². The van der Waals surface area contributed by atoms with Gasteiger partial charge in [0.15, 0.2) is 0 Å². The third-order valence-corrected chi connectivity index (χ3v) is 3.71. The fourth-order valence-corrected chi connectivity index (χ4v) is 2.42. The van der Waals surface area contributed by atoms with Gasteiger partial charge in [0, 0.05) is 18.3 Å². The Balaban J connectivity index is 2.38. The Morgan fingerprint density at radius 3 is 2.18 bits per heavy atom. The molecule has 0 aromatic heterocycles. The number of hydrogen-bond acceptors (Lipinski definition) is 5. The highest BCUT2D eigenvalue weighted by Gasteiger charge is 2.37. The molecule has 2 rings (SSSR count). The first kappa shape index (κ1) is 21.4. The second-order valence-corrected chi connectivity index (χ2v) is 7.06. The van der Waals surface area contributed by atoms with Gasteiger partial charge in [-0.3, -0.25) is 0 Å². The van der Waals surface area contributed by atoms with E-state index in [2.05, 4.69) is 5.32 Å². The lowest BCUT2D eigenvalue weighted by molar-refractivity contribution is -0.138. The summed E-state index contributed by atoms with van der Waals surface area (Å²) in [5, 5.41) is 13.1. The standard InChI is InChI=1S/C20H22F3NO4/c1-19(2,3)28-18(26)16-12(5-10-15(17(16)25)20(21,22)23)11-27-14-8-6-13(24-4)7-9-14/h5-10,24-25H,11H2,1-4H3. The van der Waals surface area contributed by atoms with E-state index in [0.717, 1.165) is 11.8 Å². The Bertz CT molecular complexity index is 840. The number of aromatic hydroxyl groups is 1. The molecule has 0 heterocycles. The lowest BCUT2D eigenvalue weighted by Gasteiger charge is -2.22. The number of esters is 1. The van der Waals surface area contributed by atoms with E-state index in [9.17, 15) is 23.1 Å². The van der Waals surface area contributed by atoms with Crippen LogP contribution in [0, 0.1) is 0 Å². The molecule has 0 unspecified atom stereocenters. The monoisotopic (exact) mass is 397 g/mol. The molecule has 2 N–H and O–H groups in total. The smallest absolute Gasteiger partial charge is 0.419 e. The van der Waals surface area contributed by atoms with Gasteiger partial charge in [0.1, 0.15) is 29.3 Å². The average Bonchev–Trinajstić information content (AvgIpc) is 2.57. The molecule has 0 atom stereocenters. The number of rotatable bonds is 5. The van der Waals surface area contributed by atoms with Crippen LogP contribution in [0.1, 0.15) is 42.3 Å². The number of ether oxygens (including phenoxy) is 2. The molecule has 5 nitrogen and oxygen atoms in total. The second-order valence-electron chi connectivity index (χ2n) is 7.06. The van der Waals surface area contributed by atoms with Crippen molar-refractivity contribution in [2.24, 2.45) is 0 Å². The van der Waals surface area contributed by atoms with Crippen molar-refractivity contribution in [3.05, 3.63) is 53.1 Å². The first-order valence-electron chi connectivity index (χ1n) is 8.48. The van der Waals surface area contributed by atoms with Gasteiger partial charge in [0.05, 0.1) is 5.56 Å². The molecular formula is C20H22F3NO4. The summed E-state index contributed by atoms with van der Waals surface area (Å²) in [6, 6.07) is 8.67. The molecule has 0 aliphatic heterocycles. The summed E-state index contributed by atoms with van der Waals surface area (Å²) in [6.07, 6.45) is -4.82. The highest BCUT2D eigenvalue weighted by molar-refractivity contribution is 5.95. The van der Waals surface area contributed by atoms with E-state index in [0.29, 0.717) is 11.8 Å². The van der Waals surface area contributed by atoms with Crippen molar-refractivity contribution >= 4 is 11.7 Å². The Morgan fingerprint density at radius 2 is 1.68 bits per heavy atom. The molecule has 2 aromatic rings. The Morgan fingerprint density at radius 1 is 1.07 bits per heavy atom. The number of alkyl halides is 3. The van der Waals surface area contributed by atoms with E-state index in [1.54, 1.807) is 52.1 Å². The lowest BCUT2D eigenvalue weighted by Crippen LogP contribution is -2.25. The third kappa shape index (κ3) is 5.31. The van der Waals surface area contributed by atoms with Crippen molar-refractivity contribution in [3.8, 4) is 11.5 Å². The van der Waals surface area contributed by atoms with E-state index < -0.39 is 34.6 Å². The van der Waals surface area contributed by atoms with Crippen molar-refractivity contribution in [3.63, 3.8) is 0 Å². The average molecular weight is 397 g/mol. The minimum Gasteiger partial charge on any atom is -0.506 e. The predicted molar refractivity (Wildman–Crippen MR) is 98.6 cm³/mol. The molecule has 28 heavy (non-hydrogen) atoms. The summed E-state index contributed by atoms with van der Waals surface area (Å²) in [5.41, 5.74) is -1.88. The van der Waals surface area contributed by atoms with Gasteiger partial charge in [-0.15, -0.1) is 0 Å². The first-order valence-corrected chi connectivity index (χ1v) is 8.48. The molecule has 0 spiro atoms. The fourth-order valence-electron chi connectivity index (χ4n) is 2.42. The van der Waals surface area contributed by atoms with Crippen LogP contribution in [-0.4, -0.2) is 23.7 Å². The molecule has 0 aliphatic rings. The van der Waals surface area contributed by atoms with Crippen LogP contribution in [0.5, 0.6) is 11.5 Å². The quantitative estimate of drug-likeness (QED) is 0.696. The van der Waals surface area contributed by atoms with E-state index in [1.165, 1.54) is 0 Å². The molecule has 0 saturated carbocycles. The van der Waals surface area contributed by atoms with Crippen LogP contribution in [0.4, 0.5) is 18.9 Å². The molecular weight excluding hydrogens is 375 g/mol. The number of phenols is 1. The second kappa shape index (κ2) is 8.00. The van der Waals surface area contributed by atoms with Crippen molar-refractivity contribution in [1.82, 2.24) is 0 Å². The maximum Gasteiger partial charge on any atom is 0.419 e. The molecule has 8 heteroatoms. The zero-order chi connectivity index (χ0) is 21.1. The maximum atomic E-state index is 13.1. The van der Waals surface area contributed by atoms with Crippen LogP contribution in [0.2, 0.25) is 0 Å². The summed E-state index contributed by atoms with van der Waals surface area (Å²) in [5.74, 6) is -1.78. The summed E-state index contributed by atoms with van der Waals surface area (Å²) in [6.45, 7) is 4.51. The van der Waals surface area contributed by atoms with Crippen LogP contribution < -0.4 is 10.1 Å². The number of carbonyl (C=O) groups excluding carboxylic acids is 1. The van der Waals surface area contributed by atoms with E-state index >= 15 is 0 Å². The minimum absolute atomic E-state index is 0.0810. The SMILES string of the molecule is CNc1ccc(OCc2ccc(C(F)(F)F)c(O)c2C(=O)OC(C)(C)C)cc1. The first-order chi connectivity index (χ1) is 12.9. The van der Waals surface area contributed by atoms with Crippen LogP contribution >= 0.6 is 0 Å². The summed E-state index contributed by atoms with van der Waals surface area (Å²) < 4.78 is 50.1. The number of benzene rings is 2. The molecule has 0 radical (unpaired) electrons. The van der Waals surface area contributed by atoms with Crippen LogP contribution in [0.15, 0.2) is 36.4 Å². The molecule has 2 aromatic carbocycles. The summed E-state index contributed by atoms with van der Waals surface area (Å²) >= 11 is 0. The fraction of sp³-hybridized carbons (Fsp3) is 0.350. The number of carbonyl (C=O) groups is 1. The summed E-state index contributed by atoms with van der Waals surface area (Å²) in [4.78, 5) is 12.5. The number of nitrogens with one attached hydrogen (secondary N) is 1. The molecule has 0 saturated heterocycles. The van der Waals surface area contributed by atoms with Crippen molar-refractivity contribution in [2.75, 3.05) is 12.4 Å². The van der Waals surface area contributed by atoms with Crippen LogP contribution in [0.25, 0.3) is 0 Å². The molecule has 152 valence electrons. The van der Waals surface area contributed by atoms with Gasteiger partial charge in [0.25, 0.3) is 0 Å². The molecule has 0 fully saturated rings. The third-order valence-electron chi connectivity index (χ3n) is 3.71. The van der Waals surface area contributed by atoms with Gasteiger partial charge >= 0.3 is 12.1 Å². The highest BCUT2D eigenvalue weighted by atomic mass is 19.4.